The summed E-state index contributed by atoms with van der Waals surface area (Å²) in [7, 11) is 7.64. The molecule has 2 heterocycles. The zero-order valence-corrected chi connectivity index (χ0v) is 38.1. The van der Waals surface area contributed by atoms with Gasteiger partial charge in [0.1, 0.15) is 18.3 Å². The maximum absolute atomic E-state index is 13.1. The molecule has 2 aliphatic rings. The number of nitrogens with zero attached hydrogens (tertiary/aromatic N) is 1. The number of likely N-dealkylation sites (N-methyl/N-ethyl adjacent to an activating group) is 1. The molecule has 2 saturated heterocycles. The van der Waals surface area contributed by atoms with Gasteiger partial charge in [-0.3, -0.25) is 28.8 Å². The molecule has 61 heavy (non-hydrogen) atoms. The number of hydrogen-bond donors (Lipinski definition) is 2. The Kier molecular flexibility index (Phi) is 22.2. The SMILES string of the molecule is CCCC(=O)O[C@H]1[C@H](C)O[C@H](O[C@H]2[C@H](N(C)C)[C@@H](OC(C)=O)[C@H]([C@@H](C(CC(OC)OC)CC(C)C(C=O)OC(C)=O)C(OC)C(O)CC(=O)O)O[C@@H]2C)C[C@@]1(C)OC(=O)CC. The van der Waals surface area contributed by atoms with Gasteiger partial charge in [-0.25, -0.2) is 0 Å². The molecule has 0 spiro atoms. The van der Waals surface area contributed by atoms with E-state index in [0.29, 0.717) is 12.7 Å². The maximum Gasteiger partial charge on any atom is 0.306 e. The molecular formula is C42H71NO18. The van der Waals surface area contributed by atoms with Crippen molar-refractivity contribution in [3.05, 3.63) is 0 Å². The highest BCUT2D eigenvalue weighted by atomic mass is 16.7. The molecule has 0 aromatic rings. The minimum absolute atomic E-state index is 0.0520. The van der Waals surface area contributed by atoms with Gasteiger partial charge in [0.2, 0.25) is 0 Å². The molecule has 15 atom stereocenters. The molecule has 19 nitrogen and oxygen atoms in total. The quantitative estimate of drug-likeness (QED) is 0.0580. The van der Waals surface area contributed by atoms with Crippen LogP contribution in [0, 0.1) is 17.8 Å². The van der Waals surface area contributed by atoms with Crippen molar-refractivity contribution in [2.75, 3.05) is 35.4 Å². The van der Waals surface area contributed by atoms with Crippen LogP contribution in [0.15, 0.2) is 0 Å². The third kappa shape index (κ3) is 15.2. The van der Waals surface area contributed by atoms with Crippen molar-refractivity contribution in [3.63, 3.8) is 0 Å². The molecule has 2 rings (SSSR count). The number of aldehydes is 1. The Hall–Kier alpha value is -3.30. The van der Waals surface area contributed by atoms with Gasteiger partial charge in [-0.05, 0) is 53.6 Å². The molecule has 0 aliphatic carbocycles. The van der Waals surface area contributed by atoms with Crippen LogP contribution in [0.2, 0.25) is 0 Å². The third-order valence-electron chi connectivity index (χ3n) is 11.4. The lowest BCUT2D eigenvalue weighted by Gasteiger charge is -2.53. The molecule has 0 amide bonds. The molecule has 2 fully saturated rings. The van der Waals surface area contributed by atoms with E-state index in [2.05, 4.69) is 0 Å². The van der Waals surface area contributed by atoms with Crippen LogP contribution in [0.3, 0.4) is 0 Å². The summed E-state index contributed by atoms with van der Waals surface area (Å²) in [5.41, 5.74) is -1.37. The lowest BCUT2D eigenvalue weighted by atomic mass is 9.70. The van der Waals surface area contributed by atoms with Crippen molar-refractivity contribution in [2.45, 2.75) is 179 Å². The summed E-state index contributed by atoms with van der Waals surface area (Å²) in [6.07, 6.45) is -11.2. The van der Waals surface area contributed by atoms with Gasteiger partial charge in [0.05, 0.1) is 36.9 Å². The lowest BCUT2D eigenvalue weighted by molar-refractivity contribution is -0.320. The van der Waals surface area contributed by atoms with E-state index in [0.717, 1.165) is 0 Å². The first-order chi connectivity index (χ1) is 28.6. The Morgan fingerprint density at radius 2 is 1.54 bits per heavy atom. The van der Waals surface area contributed by atoms with Crippen LogP contribution < -0.4 is 0 Å². The highest BCUT2D eigenvalue weighted by molar-refractivity contribution is 5.71. The minimum atomic E-state index is -1.62. The number of carboxylic acid groups (broad SMARTS) is 1. The molecule has 2 aliphatic heterocycles. The number of carboxylic acids is 1. The van der Waals surface area contributed by atoms with Crippen molar-refractivity contribution in [2.24, 2.45) is 17.8 Å². The third-order valence-corrected chi connectivity index (χ3v) is 11.4. The summed E-state index contributed by atoms with van der Waals surface area (Å²) in [4.78, 5) is 76.6. The van der Waals surface area contributed by atoms with Gasteiger partial charge < -0.3 is 62.5 Å². The molecule has 5 unspecified atom stereocenters. The number of methoxy groups -OCH3 is 3. The Morgan fingerprint density at radius 1 is 0.902 bits per heavy atom. The minimum Gasteiger partial charge on any atom is -0.481 e. The van der Waals surface area contributed by atoms with Gasteiger partial charge in [0.15, 0.2) is 36.7 Å². The number of aliphatic carboxylic acids is 1. The summed E-state index contributed by atoms with van der Waals surface area (Å²) < 4.78 is 60.3. The van der Waals surface area contributed by atoms with Crippen LogP contribution >= 0.6 is 0 Å². The number of hydrogen-bond acceptors (Lipinski definition) is 18. The van der Waals surface area contributed by atoms with E-state index in [1.165, 1.54) is 35.2 Å². The molecule has 0 saturated carbocycles. The standard InChI is InChI=1S/C42H71NO18/c1-14-16-32(51)59-41-24(5)55-34(20-42(41,8)61-31(50)15-2)60-37-23(4)56-39(40(58-26(7)46)36(37)43(9)10)35(38(54-13)28(47)19-30(48)49)27(18-33(52-11)53-12)17-22(3)29(21-44)57-25(6)45/h21-24,27-29,33-41,47H,14-20H2,1-13H3,(H,48,49)/t22?,23-,24+,27?,28?,29?,34-,35+,36+,37-,38?,39+,40-,41+,42-/m1/s1. The van der Waals surface area contributed by atoms with Crippen LogP contribution in [0.1, 0.15) is 100 Å². The number of esters is 4. The molecular weight excluding hydrogens is 806 g/mol. The van der Waals surface area contributed by atoms with Gasteiger partial charge in [-0.15, -0.1) is 0 Å². The largest absolute Gasteiger partial charge is 0.481 e. The van der Waals surface area contributed by atoms with Gasteiger partial charge in [-0.2, -0.15) is 0 Å². The second-order valence-corrected chi connectivity index (χ2v) is 16.5. The van der Waals surface area contributed by atoms with Crippen LogP contribution in [0.4, 0.5) is 0 Å². The average Bonchev–Trinajstić information content (AvgIpc) is 3.16. The molecule has 0 aromatic carbocycles. The summed E-state index contributed by atoms with van der Waals surface area (Å²) in [6.45, 7) is 12.7. The average molecular weight is 878 g/mol. The highest BCUT2D eigenvalue weighted by Gasteiger charge is 2.57. The molecule has 0 bridgehead atoms. The smallest absolute Gasteiger partial charge is 0.306 e. The zero-order chi connectivity index (χ0) is 46.4. The van der Waals surface area contributed by atoms with Gasteiger partial charge in [-0.1, -0.05) is 20.8 Å². The van der Waals surface area contributed by atoms with Crippen molar-refractivity contribution >= 4 is 36.1 Å². The molecule has 2 N–H and O–H groups in total. The van der Waals surface area contributed by atoms with Crippen LogP contribution in [0.5, 0.6) is 0 Å². The molecule has 352 valence electrons. The Bertz CT molecular complexity index is 1430. The Labute approximate surface area is 359 Å². The van der Waals surface area contributed by atoms with E-state index < -0.39 is 133 Å². The number of carbonyl (C=O) groups excluding carboxylic acids is 5. The molecule has 0 radical (unpaired) electrons. The monoisotopic (exact) mass is 877 g/mol. The van der Waals surface area contributed by atoms with E-state index in [9.17, 15) is 39.0 Å². The van der Waals surface area contributed by atoms with E-state index in [1.807, 2.05) is 6.92 Å². The van der Waals surface area contributed by atoms with Gasteiger partial charge in [0, 0.05) is 72.7 Å². The summed E-state index contributed by atoms with van der Waals surface area (Å²) >= 11 is 0. The molecule has 19 heteroatoms. The number of ether oxygens (including phenoxy) is 10. The van der Waals surface area contributed by atoms with Gasteiger partial charge in [0.25, 0.3) is 0 Å². The van der Waals surface area contributed by atoms with Crippen molar-refractivity contribution in [1.82, 2.24) is 4.90 Å². The fourth-order valence-electron chi connectivity index (χ4n) is 8.71. The van der Waals surface area contributed by atoms with E-state index in [-0.39, 0.29) is 32.1 Å². The highest BCUT2D eigenvalue weighted by Crippen LogP contribution is 2.44. The fraction of sp³-hybridized carbons (Fsp3) is 0.857. The predicted octanol–water partition coefficient (Wildman–Crippen LogP) is 2.83. The lowest BCUT2D eigenvalue weighted by Crippen LogP contribution is -2.68. The van der Waals surface area contributed by atoms with Crippen molar-refractivity contribution < 1.29 is 86.3 Å². The van der Waals surface area contributed by atoms with Crippen LogP contribution in [-0.4, -0.2) is 166 Å². The zero-order valence-electron chi connectivity index (χ0n) is 38.1. The Morgan fingerprint density at radius 3 is 2.03 bits per heavy atom. The van der Waals surface area contributed by atoms with E-state index in [4.69, 9.17) is 47.4 Å². The molecule has 0 aromatic heterocycles. The summed E-state index contributed by atoms with van der Waals surface area (Å²) in [6, 6.07) is -0.819. The first kappa shape index (κ1) is 53.8. The van der Waals surface area contributed by atoms with Crippen LogP contribution in [-0.2, 0) is 76.1 Å². The topological polar surface area (TPSA) is 238 Å². The van der Waals surface area contributed by atoms with Crippen molar-refractivity contribution in [3.8, 4) is 0 Å². The number of carbonyl (C=O) groups is 6. The Balaban J connectivity index is 2.81. The maximum atomic E-state index is 13.1. The van der Waals surface area contributed by atoms with E-state index >= 15 is 0 Å². The number of rotatable bonds is 25. The van der Waals surface area contributed by atoms with Crippen LogP contribution in [0.25, 0.3) is 0 Å². The van der Waals surface area contributed by atoms with E-state index in [1.54, 1.807) is 53.6 Å². The first-order valence-electron chi connectivity index (χ1n) is 20.9. The fourth-order valence-corrected chi connectivity index (χ4v) is 8.71. The normalized spacial score (nSPS) is 29.7. The second-order valence-electron chi connectivity index (χ2n) is 16.5. The predicted molar refractivity (Wildman–Crippen MR) is 215 cm³/mol. The summed E-state index contributed by atoms with van der Waals surface area (Å²) in [5, 5.41) is 21.4. The summed E-state index contributed by atoms with van der Waals surface area (Å²) in [5.74, 6) is -6.05. The first-order valence-corrected chi connectivity index (χ1v) is 20.9. The number of aliphatic hydroxyl groups is 1. The van der Waals surface area contributed by atoms with Gasteiger partial charge >= 0.3 is 29.8 Å². The number of aliphatic hydroxyl groups excluding tert-OH is 1. The van der Waals surface area contributed by atoms with Crippen molar-refractivity contribution in [1.29, 1.82) is 0 Å². The second kappa shape index (κ2) is 25.1.